The number of ether oxygens (including phenoxy) is 1. The predicted octanol–water partition coefficient (Wildman–Crippen LogP) is 2.39. The molecule has 0 aliphatic heterocycles. The standard InChI is InChI=1S/C12H15N3O/c1-8(2)16-11-5-6-15-7-10(9-3-4-9)13-12(15)14-11/h5-9H,3-4H2,1-2H3. The van der Waals surface area contributed by atoms with Gasteiger partial charge in [0.05, 0.1) is 11.8 Å². The Kier molecular flexibility index (Phi) is 2.09. The summed E-state index contributed by atoms with van der Waals surface area (Å²) >= 11 is 0. The van der Waals surface area contributed by atoms with Crippen LogP contribution in [0.3, 0.4) is 0 Å². The summed E-state index contributed by atoms with van der Waals surface area (Å²) in [6, 6.07) is 1.88. The third kappa shape index (κ3) is 1.75. The van der Waals surface area contributed by atoms with Crippen LogP contribution in [0.15, 0.2) is 18.5 Å². The van der Waals surface area contributed by atoms with Crippen LogP contribution < -0.4 is 4.74 Å². The fourth-order valence-corrected chi connectivity index (χ4v) is 1.76. The molecule has 0 amide bonds. The topological polar surface area (TPSA) is 39.4 Å². The first kappa shape index (κ1) is 9.63. The molecule has 3 rings (SSSR count). The lowest BCUT2D eigenvalue weighted by molar-refractivity contribution is 0.233. The van der Waals surface area contributed by atoms with Gasteiger partial charge in [0.15, 0.2) is 0 Å². The Morgan fingerprint density at radius 1 is 1.38 bits per heavy atom. The molecule has 0 N–H and O–H groups in total. The van der Waals surface area contributed by atoms with Crippen molar-refractivity contribution in [2.24, 2.45) is 0 Å². The summed E-state index contributed by atoms with van der Waals surface area (Å²) in [6.45, 7) is 3.99. The molecule has 16 heavy (non-hydrogen) atoms. The highest BCUT2D eigenvalue weighted by Gasteiger charge is 2.26. The van der Waals surface area contributed by atoms with Crippen LogP contribution in [0.2, 0.25) is 0 Å². The smallest absolute Gasteiger partial charge is 0.237 e. The molecule has 2 heterocycles. The monoisotopic (exact) mass is 217 g/mol. The third-order valence-corrected chi connectivity index (χ3v) is 2.67. The minimum absolute atomic E-state index is 0.146. The second-order valence-corrected chi connectivity index (χ2v) is 4.58. The molecule has 2 aromatic heterocycles. The molecule has 0 aromatic carbocycles. The maximum atomic E-state index is 5.54. The van der Waals surface area contributed by atoms with Crippen LogP contribution in [-0.2, 0) is 0 Å². The number of aromatic nitrogens is 3. The van der Waals surface area contributed by atoms with E-state index in [1.54, 1.807) is 0 Å². The Hall–Kier alpha value is -1.58. The molecule has 0 atom stereocenters. The van der Waals surface area contributed by atoms with Gasteiger partial charge in [-0.3, -0.25) is 4.40 Å². The van der Waals surface area contributed by atoms with Gasteiger partial charge in [0.25, 0.3) is 0 Å². The SMILES string of the molecule is CC(C)Oc1ccn2cc(C3CC3)nc2n1. The molecule has 4 heteroatoms. The van der Waals surface area contributed by atoms with E-state index >= 15 is 0 Å². The number of hydrogen-bond donors (Lipinski definition) is 0. The van der Waals surface area contributed by atoms with Crippen LogP contribution in [0.4, 0.5) is 0 Å². The number of fused-ring (bicyclic) bond motifs is 1. The van der Waals surface area contributed by atoms with Crippen LogP contribution in [0.5, 0.6) is 5.88 Å². The number of hydrogen-bond acceptors (Lipinski definition) is 3. The van der Waals surface area contributed by atoms with Crippen molar-refractivity contribution in [1.29, 1.82) is 0 Å². The van der Waals surface area contributed by atoms with E-state index in [0.717, 1.165) is 11.5 Å². The van der Waals surface area contributed by atoms with E-state index in [-0.39, 0.29) is 6.10 Å². The molecule has 1 fully saturated rings. The first-order valence-electron chi connectivity index (χ1n) is 5.74. The van der Waals surface area contributed by atoms with Crippen LogP contribution in [-0.4, -0.2) is 20.5 Å². The van der Waals surface area contributed by atoms with Crippen LogP contribution in [0.1, 0.15) is 38.3 Å². The third-order valence-electron chi connectivity index (χ3n) is 2.67. The number of rotatable bonds is 3. The van der Waals surface area contributed by atoms with Gasteiger partial charge in [-0.25, -0.2) is 4.98 Å². The zero-order valence-corrected chi connectivity index (χ0v) is 9.55. The fourth-order valence-electron chi connectivity index (χ4n) is 1.76. The lowest BCUT2D eigenvalue weighted by Crippen LogP contribution is -2.07. The van der Waals surface area contributed by atoms with Crippen LogP contribution in [0.25, 0.3) is 5.78 Å². The highest BCUT2D eigenvalue weighted by atomic mass is 16.5. The predicted molar refractivity (Wildman–Crippen MR) is 60.7 cm³/mol. The number of imidazole rings is 1. The van der Waals surface area contributed by atoms with Crippen molar-refractivity contribution < 1.29 is 4.74 Å². The molecule has 84 valence electrons. The molecule has 4 nitrogen and oxygen atoms in total. The van der Waals surface area contributed by atoms with Gasteiger partial charge in [-0.05, 0) is 26.7 Å². The summed E-state index contributed by atoms with van der Waals surface area (Å²) in [6.07, 6.45) is 6.70. The summed E-state index contributed by atoms with van der Waals surface area (Å²) < 4.78 is 7.50. The van der Waals surface area contributed by atoms with Gasteiger partial charge in [-0.15, -0.1) is 0 Å². The first-order chi connectivity index (χ1) is 7.72. The lowest BCUT2D eigenvalue weighted by atomic mass is 10.3. The average Bonchev–Trinajstić information content (AvgIpc) is 2.98. The molecule has 1 saturated carbocycles. The highest BCUT2D eigenvalue weighted by molar-refractivity contribution is 5.35. The molecule has 0 saturated heterocycles. The Balaban J connectivity index is 1.96. The molecule has 1 aliphatic carbocycles. The molecular formula is C12H15N3O. The van der Waals surface area contributed by atoms with Gasteiger partial charge in [0.2, 0.25) is 11.7 Å². The van der Waals surface area contributed by atoms with Crippen molar-refractivity contribution in [3.8, 4) is 5.88 Å². The van der Waals surface area contributed by atoms with E-state index in [9.17, 15) is 0 Å². The zero-order chi connectivity index (χ0) is 11.1. The van der Waals surface area contributed by atoms with Gasteiger partial charge >= 0.3 is 0 Å². The minimum Gasteiger partial charge on any atom is -0.475 e. The van der Waals surface area contributed by atoms with Gasteiger partial charge < -0.3 is 4.74 Å². The summed E-state index contributed by atoms with van der Waals surface area (Å²) in [5.41, 5.74) is 1.16. The first-order valence-corrected chi connectivity index (χ1v) is 5.74. The Morgan fingerprint density at radius 3 is 2.88 bits per heavy atom. The van der Waals surface area contributed by atoms with Crippen molar-refractivity contribution >= 4 is 5.78 Å². The van der Waals surface area contributed by atoms with Gasteiger partial charge in [-0.2, -0.15) is 4.98 Å². The Labute approximate surface area is 94.3 Å². The molecule has 0 bridgehead atoms. The van der Waals surface area contributed by atoms with E-state index in [1.807, 2.05) is 30.5 Å². The van der Waals surface area contributed by atoms with Gasteiger partial charge in [-0.1, -0.05) is 0 Å². The highest BCUT2D eigenvalue weighted by Crippen LogP contribution is 2.39. The molecule has 0 unspecified atom stereocenters. The molecule has 0 spiro atoms. The zero-order valence-electron chi connectivity index (χ0n) is 9.55. The Morgan fingerprint density at radius 2 is 2.19 bits per heavy atom. The van der Waals surface area contributed by atoms with Crippen LogP contribution >= 0.6 is 0 Å². The molecular weight excluding hydrogens is 202 g/mol. The fraction of sp³-hybridized carbons (Fsp3) is 0.500. The van der Waals surface area contributed by atoms with Crippen molar-refractivity contribution in [3.63, 3.8) is 0 Å². The van der Waals surface area contributed by atoms with Gasteiger partial charge in [0, 0.05) is 24.4 Å². The van der Waals surface area contributed by atoms with E-state index in [2.05, 4.69) is 16.2 Å². The quantitative estimate of drug-likeness (QED) is 0.792. The summed E-state index contributed by atoms with van der Waals surface area (Å²) in [7, 11) is 0. The van der Waals surface area contributed by atoms with Crippen molar-refractivity contribution in [2.75, 3.05) is 0 Å². The van der Waals surface area contributed by atoms with Crippen molar-refractivity contribution in [2.45, 2.75) is 38.7 Å². The average molecular weight is 217 g/mol. The minimum atomic E-state index is 0.146. The van der Waals surface area contributed by atoms with Crippen molar-refractivity contribution in [3.05, 3.63) is 24.2 Å². The van der Waals surface area contributed by atoms with E-state index in [0.29, 0.717) is 11.8 Å². The van der Waals surface area contributed by atoms with Gasteiger partial charge in [0.1, 0.15) is 0 Å². The van der Waals surface area contributed by atoms with E-state index in [4.69, 9.17) is 4.74 Å². The summed E-state index contributed by atoms with van der Waals surface area (Å²) in [5, 5.41) is 0. The summed E-state index contributed by atoms with van der Waals surface area (Å²) in [4.78, 5) is 8.89. The normalized spacial score (nSPS) is 15.9. The maximum absolute atomic E-state index is 5.54. The Bertz CT molecular complexity index is 514. The van der Waals surface area contributed by atoms with E-state index in [1.165, 1.54) is 12.8 Å². The molecule has 2 aromatic rings. The second-order valence-electron chi connectivity index (χ2n) is 4.58. The second kappa shape index (κ2) is 3.47. The van der Waals surface area contributed by atoms with Crippen LogP contribution in [0, 0.1) is 0 Å². The van der Waals surface area contributed by atoms with E-state index < -0.39 is 0 Å². The molecule has 1 aliphatic rings. The molecule has 0 radical (unpaired) electrons. The lowest BCUT2D eigenvalue weighted by Gasteiger charge is -2.07. The largest absolute Gasteiger partial charge is 0.475 e. The summed E-state index contributed by atoms with van der Waals surface area (Å²) in [5.74, 6) is 2.05. The maximum Gasteiger partial charge on any atom is 0.237 e. The number of nitrogens with zero attached hydrogens (tertiary/aromatic N) is 3. The van der Waals surface area contributed by atoms with Crippen molar-refractivity contribution in [1.82, 2.24) is 14.4 Å².